The third-order valence-electron chi connectivity index (χ3n) is 3.38. The standard InChI is InChI=1S/C17H21N3O7S/c1-5-26-14(22)8-18-13(21)9-28-17-20-19-16(27-17)10-6-11(23-2)15(25-4)12(7-10)24-3/h6-7H,5,8-9H2,1-4H3,(H,18,21). The Balaban J connectivity index is 2.02. The largest absolute Gasteiger partial charge is 0.493 e. The number of amides is 1. The summed E-state index contributed by atoms with van der Waals surface area (Å²) in [7, 11) is 4.52. The molecule has 2 rings (SSSR count). The number of hydrogen-bond acceptors (Lipinski definition) is 10. The number of ether oxygens (including phenoxy) is 4. The second-order valence-corrected chi connectivity index (χ2v) is 6.08. The van der Waals surface area contributed by atoms with E-state index in [4.69, 9.17) is 23.4 Å². The number of benzene rings is 1. The molecule has 152 valence electrons. The maximum Gasteiger partial charge on any atom is 0.325 e. The van der Waals surface area contributed by atoms with E-state index in [1.54, 1.807) is 19.1 Å². The molecule has 0 bridgehead atoms. The van der Waals surface area contributed by atoms with E-state index in [0.29, 0.717) is 22.8 Å². The topological polar surface area (TPSA) is 122 Å². The lowest BCUT2D eigenvalue weighted by Gasteiger charge is -2.12. The van der Waals surface area contributed by atoms with Crippen molar-refractivity contribution in [1.29, 1.82) is 0 Å². The van der Waals surface area contributed by atoms with Crippen molar-refractivity contribution in [3.05, 3.63) is 12.1 Å². The molecule has 0 unspecified atom stereocenters. The minimum atomic E-state index is -0.497. The zero-order valence-corrected chi connectivity index (χ0v) is 16.8. The van der Waals surface area contributed by atoms with Gasteiger partial charge in [0.05, 0.1) is 33.7 Å². The van der Waals surface area contributed by atoms with Crippen molar-refractivity contribution in [3.63, 3.8) is 0 Å². The highest BCUT2D eigenvalue weighted by Crippen LogP contribution is 2.41. The molecule has 0 aliphatic carbocycles. The van der Waals surface area contributed by atoms with E-state index >= 15 is 0 Å². The smallest absolute Gasteiger partial charge is 0.325 e. The summed E-state index contributed by atoms with van der Waals surface area (Å²) >= 11 is 1.04. The molecule has 1 N–H and O–H groups in total. The van der Waals surface area contributed by atoms with E-state index in [9.17, 15) is 9.59 Å². The van der Waals surface area contributed by atoms with Crippen LogP contribution in [0, 0.1) is 0 Å². The van der Waals surface area contributed by atoms with Crippen LogP contribution in [0.2, 0.25) is 0 Å². The van der Waals surface area contributed by atoms with Gasteiger partial charge >= 0.3 is 5.97 Å². The van der Waals surface area contributed by atoms with Gasteiger partial charge in [0.1, 0.15) is 6.54 Å². The molecule has 28 heavy (non-hydrogen) atoms. The van der Waals surface area contributed by atoms with Crippen LogP contribution in [0.1, 0.15) is 6.92 Å². The second kappa shape index (κ2) is 10.4. The van der Waals surface area contributed by atoms with Crippen LogP contribution in [0.5, 0.6) is 17.2 Å². The van der Waals surface area contributed by atoms with Crippen LogP contribution in [0.3, 0.4) is 0 Å². The summed E-state index contributed by atoms with van der Waals surface area (Å²) in [4.78, 5) is 23.0. The Morgan fingerprint density at radius 2 is 1.79 bits per heavy atom. The third-order valence-corrected chi connectivity index (χ3v) is 4.20. The van der Waals surface area contributed by atoms with Gasteiger partial charge in [0.2, 0.25) is 17.5 Å². The minimum Gasteiger partial charge on any atom is -0.493 e. The molecule has 0 aliphatic heterocycles. The molecule has 1 aromatic heterocycles. The van der Waals surface area contributed by atoms with E-state index in [1.807, 2.05) is 0 Å². The number of carbonyl (C=O) groups is 2. The summed E-state index contributed by atoms with van der Waals surface area (Å²) in [5.41, 5.74) is 0.570. The van der Waals surface area contributed by atoms with E-state index < -0.39 is 5.97 Å². The Kier molecular flexibility index (Phi) is 7.93. The molecule has 0 radical (unpaired) electrons. The summed E-state index contributed by atoms with van der Waals surface area (Å²) in [6.45, 7) is 1.76. The van der Waals surface area contributed by atoms with Gasteiger partial charge in [-0.25, -0.2) is 0 Å². The molecule has 0 atom stereocenters. The highest BCUT2D eigenvalue weighted by molar-refractivity contribution is 7.99. The monoisotopic (exact) mass is 411 g/mol. The fourth-order valence-electron chi connectivity index (χ4n) is 2.15. The Hall–Kier alpha value is -2.95. The number of aromatic nitrogens is 2. The van der Waals surface area contributed by atoms with Crippen LogP contribution in [-0.4, -0.2) is 62.3 Å². The van der Waals surface area contributed by atoms with Crippen molar-refractivity contribution in [2.75, 3.05) is 40.2 Å². The van der Waals surface area contributed by atoms with E-state index in [0.717, 1.165) is 11.8 Å². The predicted octanol–water partition coefficient (Wildman–Crippen LogP) is 1.53. The van der Waals surface area contributed by atoms with Crippen LogP contribution < -0.4 is 19.5 Å². The van der Waals surface area contributed by atoms with Crippen molar-refractivity contribution in [2.24, 2.45) is 0 Å². The molecule has 0 saturated carbocycles. The molecule has 10 nitrogen and oxygen atoms in total. The molecule has 1 aromatic carbocycles. The van der Waals surface area contributed by atoms with Crippen molar-refractivity contribution < 1.29 is 33.0 Å². The summed E-state index contributed by atoms with van der Waals surface area (Å²) < 4.78 is 26.2. The van der Waals surface area contributed by atoms with E-state index in [2.05, 4.69) is 15.5 Å². The zero-order chi connectivity index (χ0) is 20.5. The van der Waals surface area contributed by atoms with Crippen LogP contribution in [0.25, 0.3) is 11.5 Å². The minimum absolute atomic E-state index is 0.0102. The van der Waals surface area contributed by atoms with Gasteiger partial charge in [-0.3, -0.25) is 9.59 Å². The highest BCUT2D eigenvalue weighted by Gasteiger charge is 2.18. The quantitative estimate of drug-likeness (QED) is 0.455. The number of nitrogens with one attached hydrogen (secondary N) is 1. The molecule has 1 heterocycles. The van der Waals surface area contributed by atoms with Crippen molar-refractivity contribution >= 4 is 23.6 Å². The first-order valence-corrected chi connectivity index (χ1v) is 9.19. The number of carbonyl (C=O) groups excluding carboxylic acids is 2. The molecule has 0 fully saturated rings. The fraction of sp³-hybridized carbons (Fsp3) is 0.412. The maximum atomic E-state index is 11.8. The van der Waals surface area contributed by atoms with Gasteiger partial charge in [-0.1, -0.05) is 11.8 Å². The van der Waals surface area contributed by atoms with Gasteiger partial charge in [0.15, 0.2) is 11.5 Å². The van der Waals surface area contributed by atoms with Crippen molar-refractivity contribution in [2.45, 2.75) is 12.1 Å². The first-order chi connectivity index (χ1) is 13.5. The van der Waals surface area contributed by atoms with Gasteiger partial charge in [0, 0.05) is 5.56 Å². The van der Waals surface area contributed by atoms with Gasteiger partial charge in [-0.2, -0.15) is 0 Å². The third kappa shape index (κ3) is 5.52. The normalized spacial score (nSPS) is 10.3. The maximum absolute atomic E-state index is 11.8. The lowest BCUT2D eigenvalue weighted by Crippen LogP contribution is -2.31. The van der Waals surface area contributed by atoms with Gasteiger partial charge in [-0.05, 0) is 19.1 Å². The summed E-state index contributed by atoms with van der Waals surface area (Å²) in [5.74, 6) is 0.727. The second-order valence-electron chi connectivity index (χ2n) is 5.16. The van der Waals surface area contributed by atoms with Gasteiger partial charge in [-0.15, -0.1) is 10.2 Å². The molecule has 0 aliphatic rings. The average Bonchev–Trinajstić information content (AvgIpc) is 3.18. The Morgan fingerprint density at radius 1 is 1.11 bits per heavy atom. The summed E-state index contributed by atoms with van der Waals surface area (Å²) in [5, 5.41) is 10.5. The Labute approximate surface area is 165 Å². The number of esters is 1. The zero-order valence-electron chi connectivity index (χ0n) is 15.9. The Bertz CT molecular complexity index is 800. The summed E-state index contributed by atoms with van der Waals surface area (Å²) in [6, 6.07) is 3.35. The van der Waals surface area contributed by atoms with E-state index in [1.165, 1.54) is 21.3 Å². The lowest BCUT2D eigenvalue weighted by molar-refractivity contribution is -0.143. The number of hydrogen-bond donors (Lipinski definition) is 1. The number of rotatable bonds is 10. The number of thioether (sulfide) groups is 1. The molecule has 11 heteroatoms. The predicted molar refractivity (Wildman–Crippen MR) is 99.8 cm³/mol. The van der Waals surface area contributed by atoms with Crippen molar-refractivity contribution in [3.8, 4) is 28.7 Å². The molecular formula is C17H21N3O7S. The van der Waals surface area contributed by atoms with Crippen LogP contribution >= 0.6 is 11.8 Å². The van der Waals surface area contributed by atoms with Gasteiger partial charge < -0.3 is 28.7 Å². The number of nitrogens with zero attached hydrogens (tertiary/aromatic N) is 2. The van der Waals surface area contributed by atoms with Gasteiger partial charge in [0.25, 0.3) is 5.22 Å². The molecule has 1 amide bonds. The Morgan fingerprint density at radius 3 is 2.36 bits per heavy atom. The molecule has 2 aromatic rings. The number of methoxy groups -OCH3 is 3. The van der Waals surface area contributed by atoms with Crippen molar-refractivity contribution in [1.82, 2.24) is 15.5 Å². The SMILES string of the molecule is CCOC(=O)CNC(=O)CSc1nnc(-c2cc(OC)c(OC)c(OC)c2)o1. The highest BCUT2D eigenvalue weighted by atomic mass is 32.2. The first-order valence-electron chi connectivity index (χ1n) is 8.21. The molecular weight excluding hydrogens is 390 g/mol. The average molecular weight is 411 g/mol. The lowest BCUT2D eigenvalue weighted by atomic mass is 10.2. The molecule has 0 saturated heterocycles. The van der Waals surface area contributed by atoms with Crippen LogP contribution in [0.4, 0.5) is 0 Å². The summed E-state index contributed by atoms with van der Waals surface area (Å²) in [6.07, 6.45) is 0. The van der Waals surface area contributed by atoms with Crippen LogP contribution in [-0.2, 0) is 14.3 Å². The molecule has 0 spiro atoms. The fourth-order valence-corrected chi connectivity index (χ4v) is 2.74. The van der Waals surface area contributed by atoms with Crippen LogP contribution in [0.15, 0.2) is 21.8 Å². The van der Waals surface area contributed by atoms with E-state index in [-0.39, 0.29) is 35.9 Å². The first kappa shape index (κ1) is 21.4.